The number of pyridine rings is 1. The number of nitrogens with one attached hydrogen (secondary N) is 1. The van der Waals surface area contributed by atoms with Gasteiger partial charge in [0.2, 0.25) is 0 Å². The molecule has 0 spiro atoms. The molecule has 3 nitrogen and oxygen atoms in total. The minimum atomic E-state index is -4.57. The zero-order valence-electron chi connectivity index (χ0n) is 10.5. The third-order valence-electron chi connectivity index (χ3n) is 2.58. The van der Waals surface area contributed by atoms with Gasteiger partial charge in [0.15, 0.2) is 5.82 Å². The zero-order valence-corrected chi connectivity index (χ0v) is 12.8. The third kappa shape index (κ3) is 3.82. The van der Waals surface area contributed by atoms with E-state index in [1.165, 1.54) is 18.2 Å². The summed E-state index contributed by atoms with van der Waals surface area (Å²) in [4.78, 5) is 15.5. The molecular formula is C13H6Cl3F3N2O. The molecule has 2 aromatic rings. The maximum atomic E-state index is 12.5. The standard InChI is InChI=1S/C13H6Cl3F3N2O/c14-8-2-1-6(3-9(8)15)12(22)21-11-10(16)4-7(5-20-11)13(17,18)19/h1-5H,(H,20,21,22). The van der Waals surface area contributed by atoms with Crippen LogP contribution in [0.25, 0.3) is 0 Å². The summed E-state index contributed by atoms with van der Waals surface area (Å²) in [5.41, 5.74) is -0.850. The predicted octanol–water partition coefficient (Wildman–Crippen LogP) is 5.31. The molecule has 1 heterocycles. The SMILES string of the molecule is O=C(Nc1ncc(C(F)(F)F)cc1Cl)c1ccc(Cl)c(Cl)c1. The van der Waals surface area contributed by atoms with Gasteiger partial charge in [-0.15, -0.1) is 0 Å². The first-order chi connectivity index (χ1) is 10.2. The van der Waals surface area contributed by atoms with Crippen LogP contribution in [-0.4, -0.2) is 10.9 Å². The third-order valence-corrected chi connectivity index (χ3v) is 3.61. The van der Waals surface area contributed by atoms with E-state index < -0.39 is 17.6 Å². The summed E-state index contributed by atoms with van der Waals surface area (Å²) < 4.78 is 37.5. The molecule has 2 rings (SSSR count). The second-order valence-corrected chi connectivity index (χ2v) is 5.36. The monoisotopic (exact) mass is 368 g/mol. The first-order valence-corrected chi connectivity index (χ1v) is 6.81. The van der Waals surface area contributed by atoms with Gasteiger partial charge in [-0.1, -0.05) is 34.8 Å². The highest BCUT2D eigenvalue weighted by atomic mass is 35.5. The fourth-order valence-electron chi connectivity index (χ4n) is 1.50. The molecular weight excluding hydrogens is 364 g/mol. The van der Waals surface area contributed by atoms with Crippen molar-refractivity contribution in [2.24, 2.45) is 0 Å². The number of carbonyl (C=O) groups is 1. The van der Waals surface area contributed by atoms with Crippen LogP contribution in [0.4, 0.5) is 19.0 Å². The fraction of sp³-hybridized carbons (Fsp3) is 0.0769. The van der Waals surface area contributed by atoms with E-state index in [1.54, 1.807) is 0 Å². The maximum Gasteiger partial charge on any atom is 0.417 e. The van der Waals surface area contributed by atoms with Crippen LogP contribution < -0.4 is 5.32 Å². The number of hydrogen-bond acceptors (Lipinski definition) is 2. The number of aromatic nitrogens is 1. The smallest absolute Gasteiger partial charge is 0.305 e. The van der Waals surface area contributed by atoms with Gasteiger partial charge in [-0.3, -0.25) is 4.79 Å². The number of hydrogen-bond donors (Lipinski definition) is 1. The molecule has 0 saturated carbocycles. The van der Waals surface area contributed by atoms with Gasteiger partial charge in [0.05, 0.1) is 20.6 Å². The molecule has 0 atom stereocenters. The normalized spacial score (nSPS) is 11.4. The molecule has 0 aliphatic rings. The highest BCUT2D eigenvalue weighted by Gasteiger charge is 2.31. The van der Waals surface area contributed by atoms with E-state index in [2.05, 4.69) is 10.3 Å². The molecule has 0 radical (unpaired) electrons. The molecule has 0 saturated heterocycles. The molecule has 1 aromatic carbocycles. The average molecular weight is 370 g/mol. The molecule has 1 amide bonds. The molecule has 0 bridgehead atoms. The number of rotatable bonds is 2. The lowest BCUT2D eigenvalue weighted by molar-refractivity contribution is -0.137. The van der Waals surface area contributed by atoms with Crippen LogP contribution in [0.15, 0.2) is 30.5 Å². The van der Waals surface area contributed by atoms with Crippen molar-refractivity contribution in [3.8, 4) is 0 Å². The van der Waals surface area contributed by atoms with Crippen LogP contribution >= 0.6 is 34.8 Å². The molecule has 22 heavy (non-hydrogen) atoms. The summed E-state index contributed by atoms with van der Waals surface area (Å²) in [6, 6.07) is 4.82. The van der Waals surface area contributed by atoms with Crippen molar-refractivity contribution in [3.63, 3.8) is 0 Å². The highest BCUT2D eigenvalue weighted by Crippen LogP contribution is 2.32. The average Bonchev–Trinajstić information content (AvgIpc) is 2.42. The van der Waals surface area contributed by atoms with Crippen molar-refractivity contribution in [1.29, 1.82) is 0 Å². The van der Waals surface area contributed by atoms with Crippen molar-refractivity contribution >= 4 is 46.5 Å². The first kappa shape index (κ1) is 16.9. The van der Waals surface area contributed by atoms with Crippen LogP contribution in [0.1, 0.15) is 15.9 Å². The summed E-state index contributed by atoms with van der Waals surface area (Å²) in [6.45, 7) is 0. The van der Waals surface area contributed by atoms with E-state index >= 15 is 0 Å². The van der Waals surface area contributed by atoms with E-state index in [4.69, 9.17) is 34.8 Å². The minimum absolute atomic E-state index is 0.159. The lowest BCUT2D eigenvalue weighted by Crippen LogP contribution is -2.14. The Morgan fingerprint density at radius 3 is 2.27 bits per heavy atom. The molecule has 1 aromatic heterocycles. The summed E-state index contributed by atoms with van der Waals surface area (Å²) in [6.07, 6.45) is -3.99. The summed E-state index contributed by atoms with van der Waals surface area (Å²) in [7, 11) is 0. The number of benzene rings is 1. The molecule has 0 fully saturated rings. The number of amides is 1. The Balaban J connectivity index is 2.23. The summed E-state index contributed by atoms with van der Waals surface area (Å²) >= 11 is 17.2. The van der Waals surface area contributed by atoms with Crippen molar-refractivity contribution < 1.29 is 18.0 Å². The summed E-state index contributed by atoms with van der Waals surface area (Å²) in [5, 5.41) is 2.41. The molecule has 0 unspecified atom stereocenters. The Morgan fingerprint density at radius 2 is 1.73 bits per heavy atom. The van der Waals surface area contributed by atoms with E-state index in [0.717, 1.165) is 0 Å². The Kier molecular flexibility index (Phi) is 4.84. The van der Waals surface area contributed by atoms with Crippen molar-refractivity contribution in [2.75, 3.05) is 5.32 Å². The predicted molar refractivity (Wildman–Crippen MR) is 78.7 cm³/mol. The molecule has 0 aliphatic heterocycles. The molecule has 9 heteroatoms. The second kappa shape index (κ2) is 6.32. The van der Waals surface area contributed by atoms with Crippen molar-refractivity contribution in [3.05, 3.63) is 56.7 Å². The highest BCUT2D eigenvalue weighted by molar-refractivity contribution is 6.42. The van der Waals surface area contributed by atoms with Gasteiger partial charge < -0.3 is 5.32 Å². The topological polar surface area (TPSA) is 42.0 Å². The minimum Gasteiger partial charge on any atom is -0.305 e. The van der Waals surface area contributed by atoms with Gasteiger partial charge >= 0.3 is 6.18 Å². The Labute approximate surface area is 138 Å². The van der Waals surface area contributed by atoms with Crippen LogP contribution in [0.3, 0.4) is 0 Å². The first-order valence-electron chi connectivity index (χ1n) is 5.67. The number of alkyl halides is 3. The Bertz CT molecular complexity index is 735. The van der Waals surface area contributed by atoms with E-state index in [1.807, 2.05) is 0 Å². The maximum absolute atomic E-state index is 12.5. The Morgan fingerprint density at radius 1 is 1.05 bits per heavy atom. The van der Waals surface area contributed by atoms with E-state index in [-0.39, 0.29) is 26.4 Å². The van der Waals surface area contributed by atoms with Gasteiger partial charge in [-0.25, -0.2) is 4.98 Å². The fourth-order valence-corrected chi connectivity index (χ4v) is 2.01. The van der Waals surface area contributed by atoms with Crippen LogP contribution in [0, 0.1) is 0 Å². The van der Waals surface area contributed by atoms with Gasteiger partial charge in [0.25, 0.3) is 5.91 Å². The Hall–Kier alpha value is -1.50. The summed E-state index contributed by atoms with van der Waals surface area (Å²) in [5.74, 6) is -0.821. The van der Waals surface area contributed by atoms with Crippen LogP contribution in [0.2, 0.25) is 15.1 Å². The van der Waals surface area contributed by atoms with Gasteiger partial charge in [-0.2, -0.15) is 13.2 Å². The zero-order chi connectivity index (χ0) is 16.5. The number of halogens is 6. The molecule has 0 aliphatic carbocycles. The van der Waals surface area contributed by atoms with Crippen molar-refractivity contribution in [2.45, 2.75) is 6.18 Å². The van der Waals surface area contributed by atoms with E-state index in [0.29, 0.717) is 12.3 Å². The lowest BCUT2D eigenvalue weighted by Gasteiger charge is -2.10. The second-order valence-electron chi connectivity index (χ2n) is 4.14. The van der Waals surface area contributed by atoms with Crippen LogP contribution in [0.5, 0.6) is 0 Å². The number of carbonyl (C=O) groups excluding carboxylic acids is 1. The van der Waals surface area contributed by atoms with Gasteiger partial charge in [-0.05, 0) is 24.3 Å². The van der Waals surface area contributed by atoms with Crippen LogP contribution in [-0.2, 0) is 6.18 Å². The van der Waals surface area contributed by atoms with Crippen molar-refractivity contribution in [1.82, 2.24) is 4.98 Å². The quantitative estimate of drug-likeness (QED) is 0.779. The lowest BCUT2D eigenvalue weighted by atomic mass is 10.2. The number of nitrogens with zero attached hydrogens (tertiary/aromatic N) is 1. The number of anilines is 1. The van der Waals surface area contributed by atoms with E-state index in [9.17, 15) is 18.0 Å². The van der Waals surface area contributed by atoms with Gasteiger partial charge in [0.1, 0.15) is 0 Å². The molecule has 1 N–H and O–H groups in total. The molecule has 116 valence electrons. The van der Waals surface area contributed by atoms with Gasteiger partial charge in [0, 0.05) is 11.8 Å². The largest absolute Gasteiger partial charge is 0.417 e.